The lowest BCUT2D eigenvalue weighted by Crippen LogP contribution is -2.44. The van der Waals surface area contributed by atoms with Crippen LogP contribution in [-0.4, -0.2) is 34.4 Å². The summed E-state index contributed by atoms with van der Waals surface area (Å²) in [5.41, 5.74) is -0.182. The first kappa shape index (κ1) is 15.1. The molecule has 114 valence electrons. The molecule has 2 aromatic rings. The number of aliphatic hydroxyl groups is 1. The molecule has 0 radical (unpaired) electrons. The Morgan fingerprint density at radius 2 is 2.33 bits per heavy atom. The van der Waals surface area contributed by atoms with Gasteiger partial charge in [0.1, 0.15) is 11.4 Å². The van der Waals surface area contributed by atoms with Crippen molar-refractivity contribution in [3.8, 4) is 0 Å². The van der Waals surface area contributed by atoms with Crippen molar-refractivity contribution in [2.24, 2.45) is 4.99 Å². The van der Waals surface area contributed by atoms with Crippen LogP contribution in [0.15, 0.2) is 40.1 Å². The van der Waals surface area contributed by atoms with Crippen LogP contribution in [0.25, 0.3) is 0 Å². The molecule has 0 amide bonds. The number of rotatable bonds is 6. The van der Waals surface area contributed by atoms with Crippen LogP contribution in [0.4, 0.5) is 0 Å². The van der Waals surface area contributed by atoms with Gasteiger partial charge in [-0.3, -0.25) is 5.10 Å². The minimum Gasteiger partial charge on any atom is -0.466 e. The van der Waals surface area contributed by atoms with Gasteiger partial charge >= 0.3 is 0 Å². The number of aromatic amines is 1. The van der Waals surface area contributed by atoms with E-state index >= 15 is 0 Å². The van der Waals surface area contributed by atoms with Crippen LogP contribution < -0.4 is 10.6 Å². The Bertz CT molecular complexity index is 546. The average Bonchev–Trinajstić information content (AvgIpc) is 3.14. The van der Waals surface area contributed by atoms with Crippen LogP contribution in [0.5, 0.6) is 0 Å². The Morgan fingerprint density at radius 3 is 2.95 bits per heavy atom. The molecule has 0 aromatic carbocycles. The SMILES string of the molecule is CCNC(=NCc1ccn[nH]1)NCC(C)(O)c1ccco1. The fourth-order valence-corrected chi connectivity index (χ4v) is 1.81. The summed E-state index contributed by atoms with van der Waals surface area (Å²) in [5.74, 6) is 1.14. The van der Waals surface area contributed by atoms with E-state index in [1.54, 1.807) is 31.5 Å². The van der Waals surface area contributed by atoms with E-state index in [4.69, 9.17) is 4.42 Å². The lowest BCUT2D eigenvalue weighted by Gasteiger charge is -2.22. The second-order valence-electron chi connectivity index (χ2n) is 4.88. The first-order valence-electron chi connectivity index (χ1n) is 6.88. The van der Waals surface area contributed by atoms with Crippen molar-refractivity contribution in [3.63, 3.8) is 0 Å². The molecule has 0 saturated heterocycles. The normalized spacial score (nSPS) is 14.7. The fraction of sp³-hybridized carbons (Fsp3) is 0.429. The summed E-state index contributed by atoms with van der Waals surface area (Å²) in [4.78, 5) is 4.42. The molecular formula is C14H21N5O2. The van der Waals surface area contributed by atoms with E-state index in [1.807, 2.05) is 13.0 Å². The smallest absolute Gasteiger partial charge is 0.191 e. The summed E-state index contributed by atoms with van der Waals surface area (Å²) in [6.45, 7) is 5.18. The largest absolute Gasteiger partial charge is 0.466 e. The van der Waals surface area contributed by atoms with Gasteiger partial charge in [-0.25, -0.2) is 4.99 Å². The van der Waals surface area contributed by atoms with E-state index in [-0.39, 0.29) is 6.54 Å². The van der Waals surface area contributed by atoms with Crippen molar-refractivity contribution in [1.29, 1.82) is 0 Å². The van der Waals surface area contributed by atoms with Crippen LogP contribution in [0.1, 0.15) is 25.3 Å². The molecule has 1 atom stereocenters. The van der Waals surface area contributed by atoms with Crippen molar-refractivity contribution in [2.75, 3.05) is 13.1 Å². The molecule has 7 heteroatoms. The summed E-state index contributed by atoms with van der Waals surface area (Å²) in [7, 11) is 0. The molecule has 1 unspecified atom stereocenters. The summed E-state index contributed by atoms with van der Waals surface area (Å²) >= 11 is 0. The number of furan rings is 1. The molecule has 4 N–H and O–H groups in total. The molecule has 0 aliphatic rings. The van der Waals surface area contributed by atoms with Gasteiger partial charge in [0.2, 0.25) is 0 Å². The van der Waals surface area contributed by atoms with Crippen LogP contribution >= 0.6 is 0 Å². The molecule has 0 aliphatic heterocycles. The highest BCUT2D eigenvalue weighted by molar-refractivity contribution is 5.79. The quantitative estimate of drug-likeness (QED) is 0.469. The summed E-state index contributed by atoms with van der Waals surface area (Å²) < 4.78 is 5.25. The van der Waals surface area contributed by atoms with E-state index in [9.17, 15) is 5.11 Å². The molecule has 0 fully saturated rings. The van der Waals surface area contributed by atoms with Crippen molar-refractivity contribution >= 4 is 5.96 Å². The lowest BCUT2D eigenvalue weighted by atomic mass is 10.0. The van der Waals surface area contributed by atoms with Gasteiger partial charge in [0.25, 0.3) is 0 Å². The van der Waals surface area contributed by atoms with Gasteiger partial charge in [-0.15, -0.1) is 0 Å². The summed E-state index contributed by atoms with van der Waals surface area (Å²) in [6, 6.07) is 5.36. The Labute approximate surface area is 123 Å². The van der Waals surface area contributed by atoms with Crippen LogP contribution in [0.2, 0.25) is 0 Å². The molecule has 0 aliphatic carbocycles. The van der Waals surface area contributed by atoms with Gasteiger partial charge < -0.3 is 20.2 Å². The number of aromatic nitrogens is 2. The number of nitrogens with one attached hydrogen (secondary N) is 3. The highest BCUT2D eigenvalue weighted by Gasteiger charge is 2.26. The maximum atomic E-state index is 10.4. The monoisotopic (exact) mass is 291 g/mol. The average molecular weight is 291 g/mol. The Hall–Kier alpha value is -2.28. The topological polar surface area (TPSA) is 98.5 Å². The molecular weight excluding hydrogens is 270 g/mol. The second-order valence-corrected chi connectivity index (χ2v) is 4.88. The molecule has 2 rings (SSSR count). The van der Waals surface area contributed by atoms with E-state index in [0.717, 1.165) is 12.2 Å². The summed E-state index contributed by atoms with van der Waals surface area (Å²) in [5, 5.41) is 23.4. The van der Waals surface area contributed by atoms with Gasteiger partial charge in [-0.2, -0.15) is 5.10 Å². The molecule has 0 spiro atoms. The van der Waals surface area contributed by atoms with Crippen LogP contribution in [-0.2, 0) is 12.1 Å². The van der Waals surface area contributed by atoms with Crippen molar-refractivity contribution in [3.05, 3.63) is 42.1 Å². The van der Waals surface area contributed by atoms with E-state index < -0.39 is 5.60 Å². The molecule has 2 heterocycles. The van der Waals surface area contributed by atoms with Gasteiger partial charge in [0, 0.05) is 12.7 Å². The summed E-state index contributed by atoms with van der Waals surface area (Å²) in [6.07, 6.45) is 3.23. The minimum atomic E-state index is -1.10. The first-order chi connectivity index (χ1) is 10.1. The zero-order chi connectivity index (χ0) is 15.1. The number of nitrogens with zero attached hydrogens (tertiary/aromatic N) is 2. The highest BCUT2D eigenvalue weighted by Crippen LogP contribution is 2.19. The van der Waals surface area contributed by atoms with Gasteiger partial charge in [0.15, 0.2) is 5.96 Å². The Morgan fingerprint density at radius 1 is 1.48 bits per heavy atom. The van der Waals surface area contributed by atoms with Gasteiger partial charge in [-0.05, 0) is 32.0 Å². The zero-order valence-electron chi connectivity index (χ0n) is 12.3. The molecule has 21 heavy (non-hydrogen) atoms. The number of guanidine groups is 1. The third kappa shape index (κ3) is 4.35. The van der Waals surface area contributed by atoms with E-state index in [2.05, 4.69) is 25.8 Å². The third-order valence-corrected chi connectivity index (χ3v) is 2.96. The van der Waals surface area contributed by atoms with E-state index in [1.165, 1.54) is 0 Å². The van der Waals surface area contributed by atoms with E-state index in [0.29, 0.717) is 18.3 Å². The molecule has 0 bridgehead atoms. The van der Waals surface area contributed by atoms with Crippen LogP contribution in [0.3, 0.4) is 0 Å². The number of hydrogen-bond acceptors (Lipinski definition) is 4. The first-order valence-corrected chi connectivity index (χ1v) is 6.88. The van der Waals surface area contributed by atoms with Crippen molar-refractivity contribution in [1.82, 2.24) is 20.8 Å². The Balaban J connectivity index is 1.95. The maximum Gasteiger partial charge on any atom is 0.191 e. The Kier molecular flexibility index (Phi) is 4.99. The molecule has 0 saturated carbocycles. The molecule has 7 nitrogen and oxygen atoms in total. The number of hydrogen-bond donors (Lipinski definition) is 4. The number of H-pyrrole nitrogens is 1. The maximum absolute atomic E-state index is 10.4. The lowest BCUT2D eigenvalue weighted by molar-refractivity contribution is 0.0386. The zero-order valence-corrected chi connectivity index (χ0v) is 12.3. The van der Waals surface area contributed by atoms with Crippen molar-refractivity contribution in [2.45, 2.75) is 26.0 Å². The van der Waals surface area contributed by atoms with Gasteiger partial charge in [0.05, 0.1) is 25.0 Å². The van der Waals surface area contributed by atoms with Crippen molar-refractivity contribution < 1.29 is 9.52 Å². The van der Waals surface area contributed by atoms with Gasteiger partial charge in [-0.1, -0.05) is 0 Å². The predicted molar refractivity (Wildman–Crippen MR) is 79.7 cm³/mol. The predicted octanol–water partition coefficient (Wildman–Crippen LogP) is 0.966. The van der Waals surface area contributed by atoms with Crippen LogP contribution in [0, 0.1) is 0 Å². The standard InChI is InChI=1S/C14H21N5O2/c1-3-15-13(16-9-11-6-7-18-19-11)17-10-14(2,20)12-5-4-8-21-12/h4-8,20H,3,9-10H2,1-2H3,(H,18,19)(H2,15,16,17). The number of aliphatic imine (C=N–C) groups is 1. The second kappa shape index (κ2) is 6.94. The third-order valence-electron chi connectivity index (χ3n) is 2.96. The minimum absolute atomic E-state index is 0.287. The molecule has 2 aromatic heterocycles. The fourth-order valence-electron chi connectivity index (χ4n) is 1.81. The highest BCUT2D eigenvalue weighted by atomic mass is 16.4.